The fraction of sp³-hybridized carbons (Fsp3) is 0.581. The number of halogens is 2. The van der Waals surface area contributed by atoms with Crippen molar-refractivity contribution in [2.75, 3.05) is 26.2 Å². The molecule has 4 aromatic carbocycles. The van der Waals surface area contributed by atoms with Crippen molar-refractivity contribution in [2.45, 2.75) is 386 Å². The Morgan fingerprint density at radius 1 is 0.284 bits per heavy atom. The number of carbonyl (C=O) groups excluding carboxylic acids is 8. The van der Waals surface area contributed by atoms with Crippen molar-refractivity contribution >= 4 is 274 Å². The van der Waals surface area contributed by atoms with Crippen molar-refractivity contribution < 1.29 is 38.4 Å². The normalized spacial score (nSPS) is 15.5. The predicted octanol–water partition coefficient (Wildman–Crippen LogP) is 39.1. The van der Waals surface area contributed by atoms with Gasteiger partial charge in [0.25, 0.3) is 47.3 Å². The van der Waals surface area contributed by atoms with Gasteiger partial charge in [0.05, 0.1) is 85.9 Å². The number of unbranched alkanes of at least 4 members (excludes halogenated alkanes) is 8. The molecule has 0 saturated carbocycles. The van der Waals surface area contributed by atoms with Crippen LogP contribution in [0, 0.1) is 61.2 Å². The molecule has 12 heterocycles. The number of amides is 8. The molecule has 4 aliphatic rings. The van der Waals surface area contributed by atoms with Crippen LogP contribution in [-0.2, 0) is 30.1 Å². The molecule has 0 aliphatic carbocycles. The van der Waals surface area contributed by atoms with E-state index in [1.807, 2.05) is 18.3 Å². The van der Waals surface area contributed by atoms with Crippen LogP contribution in [-0.4, -0.2) is 133 Å². The minimum atomic E-state index is -2.19. The number of fused-ring (bicyclic) bond motifs is 16. The first kappa shape index (κ1) is 119. The van der Waals surface area contributed by atoms with Crippen molar-refractivity contribution in [1.29, 1.82) is 0 Å². The van der Waals surface area contributed by atoms with E-state index in [2.05, 4.69) is 243 Å². The summed E-state index contributed by atoms with van der Waals surface area (Å²) in [6.07, 6.45) is 41.1. The quantitative estimate of drug-likeness (QED) is 0.0270. The minimum absolute atomic E-state index is 0.200. The van der Waals surface area contributed by atoms with E-state index in [0.717, 1.165) is 142 Å². The van der Waals surface area contributed by atoms with E-state index >= 15 is 9.59 Å². The van der Waals surface area contributed by atoms with Gasteiger partial charge in [0.1, 0.15) is 0 Å². The molecule has 8 aromatic heterocycles. The Balaban J connectivity index is 0.000000189. The first-order chi connectivity index (χ1) is 71.3. The third kappa shape index (κ3) is 25.6. The molecule has 148 heavy (non-hydrogen) atoms. The summed E-state index contributed by atoms with van der Waals surface area (Å²) in [5.74, 6) is 1.64. The number of carbonyl (C=O) groups is 8. The monoisotopic (exact) mass is 2490 g/mol. The molecular formula is C124H166Br2N4O8S8Sn2. The maximum atomic E-state index is 15.1. The van der Waals surface area contributed by atoms with Gasteiger partial charge in [-0.3, -0.25) is 58.0 Å². The number of aryl methyl sites for hydroxylation is 2. The number of thiophene rings is 8. The average Bonchev–Trinajstić information content (AvgIpc) is 1.54. The van der Waals surface area contributed by atoms with E-state index in [-0.39, 0.29) is 92.1 Å². The van der Waals surface area contributed by atoms with E-state index in [1.165, 1.54) is 236 Å². The Bertz CT molecular complexity index is 6670. The van der Waals surface area contributed by atoms with Gasteiger partial charge in [-0.1, -0.05) is 231 Å². The number of hydrogen-bond donors (Lipinski definition) is 0. The van der Waals surface area contributed by atoms with Gasteiger partial charge in [-0.25, -0.2) is 0 Å². The summed E-state index contributed by atoms with van der Waals surface area (Å²) in [5.41, 5.74) is 9.54. The van der Waals surface area contributed by atoms with Crippen LogP contribution in [0.4, 0.5) is 0 Å². The van der Waals surface area contributed by atoms with Gasteiger partial charge < -0.3 is 0 Å². The number of nitrogens with zero attached hydrogens (tertiary/aromatic N) is 4. The second-order valence-electron chi connectivity index (χ2n) is 44.3. The van der Waals surface area contributed by atoms with Crippen LogP contribution in [0.15, 0.2) is 56.1 Å². The van der Waals surface area contributed by atoms with Crippen LogP contribution in [0.3, 0.4) is 0 Å². The van der Waals surface area contributed by atoms with Crippen molar-refractivity contribution in [3.05, 3.63) is 137 Å². The Hall–Kier alpha value is -4.84. The van der Waals surface area contributed by atoms with Gasteiger partial charge in [-0.15, -0.1) is 68.0 Å². The van der Waals surface area contributed by atoms with E-state index in [0.29, 0.717) is 110 Å². The number of benzene rings is 4. The molecule has 12 aromatic rings. The molecule has 2 radical (unpaired) electrons. The van der Waals surface area contributed by atoms with Gasteiger partial charge in [0.2, 0.25) is 0 Å². The zero-order valence-electron chi connectivity index (χ0n) is 93.0. The summed E-state index contributed by atoms with van der Waals surface area (Å²) >= 11 is 18.0. The fourth-order valence-electron chi connectivity index (χ4n) is 23.1. The Labute approximate surface area is 948 Å². The summed E-state index contributed by atoms with van der Waals surface area (Å²) in [7, 11) is 0. The van der Waals surface area contributed by atoms with Crippen LogP contribution >= 0.6 is 123 Å². The van der Waals surface area contributed by atoms with Gasteiger partial charge in [0, 0.05) is 51.6 Å². The largest absolute Gasteiger partial charge is 0.274 e. The molecule has 8 amide bonds. The number of rotatable bonds is 55. The second-order valence-corrected chi connectivity index (χ2v) is 75.6. The summed E-state index contributed by atoms with van der Waals surface area (Å²) in [6.45, 7) is 44.1. The molecule has 8 unspecified atom stereocenters. The molecule has 4 aliphatic heterocycles. The first-order valence-corrected chi connectivity index (χ1v) is 79.4. The molecule has 24 heteroatoms. The summed E-state index contributed by atoms with van der Waals surface area (Å²) in [5, 5.41) is 11.4. The Kier molecular flexibility index (Phi) is 43.6. The van der Waals surface area contributed by atoms with Crippen LogP contribution in [0.5, 0.6) is 0 Å². The maximum absolute atomic E-state index is 15.1. The molecule has 8 atom stereocenters. The zero-order chi connectivity index (χ0) is 107. The molecule has 0 saturated heterocycles. The van der Waals surface area contributed by atoms with Crippen molar-refractivity contribution in [3.8, 4) is 29.3 Å². The molecule has 0 N–H and O–H groups in total. The molecule has 0 fully saturated rings. The molecule has 0 spiro atoms. The van der Waals surface area contributed by atoms with Crippen molar-refractivity contribution in [1.82, 2.24) is 19.6 Å². The summed E-state index contributed by atoms with van der Waals surface area (Å²) in [4.78, 5) is 135. The minimum Gasteiger partial charge on any atom is -0.274 e. The van der Waals surface area contributed by atoms with E-state index in [4.69, 9.17) is 0 Å². The maximum Gasteiger partial charge on any atom is 0.263 e. The molecule has 800 valence electrons. The summed E-state index contributed by atoms with van der Waals surface area (Å²) in [6, 6.07) is 20.5. The van der Waals surface area contributed by atoms with Gasteiger partial charge >= 0.3 is 264 Å². The van der Waals surface area contributed by atoms with Crippen molar-refractivity contribution in [2.24, 2.45) is 47.3 Å². The second kappa shape index (κ2) is 54.4. The number of imide groups is 4. The van der Waals surface area contributed by atoms with Crippen LogP contribution < -0.4 is 2.89 Å². The van der Waals surface area contributed by atoms with Crippen molar-refractivity contribution in [3.63, 3.8) is 0 Å². The zero-order valence-corrected chi connectivity index (χ0v) is 108. The molecule has 12 nitrogen and oxygen atoms in total. The molecule has 0 bridgehead atoms. The smallest absolute Gasteiger partial charge is 0.263 e. The van der Waals surface area contributed by atoms with E-state index in [1.54, 1.807) is 61.2 Å². The van der Waals surface area contributed by atoms with Gasteiger partial charge in [-0.2, -0.15) is 0 Å². The third-order valence-electron chi connectivity index (χ3n) is 32.8. The SMILES string of the molecule is CCCCC(CC)CN1C(=O)c2c(Br)sc(-c3sc(Br)c4c3C(=O)N(CC(CC)CCCC)C4=O)c2C1=O.CCCCC(CC)Cc1cc2c(cc1CC(CC)CCCC)c1c[c]([Sn]([CH3])([CH3])[CH3])sc1c1sc([CH2][Sn][CH2]C)cc21.CCCCC(CC)Cc1cc2c(cc1CC(CC)CCCC)c1cc(-c3sc(-c4sc(C)c5c4C(=O)N(CC(CC)CCCC)C5=O)c4c3C(=O)N(CC(CC)CCCC)C4=O)sc1c1sc(C)cc21. The van der Waals surface area contributed by atoms with Crippen LogP contribution in [0.1, 0.15) is 443 Å². The average molecular weight is 2490 g/mol. The Morgan fingerprint density at radius 3 is 0.905 bits per heavy atom. The predicted molar refractivity (Wildman–Crippen MR) is 654 cm³/mol. The van der Waals surface area contributed by atoms with Crippen LogP contribution in [0.25, 0.3) is 91.2 Å². The van der Waals surface area contributed by atoms with E-state index in [9.17, 15) is 28.8 Å². The van der Waals surface area contributed by atoms with Gasteiger partial charge in [0.15, 0.2) is 0 Å². The summed E-state index contributed by atoms with van der Waals surface area (Å²) < 4.78 is 11.5. The molecule has 16 rings (SSSR count). The fourth-order valence-corrected chi connectivity index (χ4v) is 42.6. The first-order valence-electron chi connectivity index (χ1n) is 57.2. The third-order valence-corrected chi connectivity index (χ3v) is 57.5. The topological polar surface area (TPSA) is 150 Å². The number of hydrogen-bond acceptors (Lipinski definition) is 16. The van der Waals surface area contributed by atoms with Crippen LogP contribution in [0.2, 0.25) is 19.3 Å². The Morgan fingerprint density at radius 2 is 0.561 bits per heavy atom. The molecular weight excluding hydrogens is 2330 g/mol. The van der Waals surface area contributed by atoms with Gasteiger partial charge in [-0.05, 0) is 154 Å². The van der Waals surface area contributed by atoms with E-state index < -0.39 is 18.4 Å². The standard InChI is InChI=1S/C60H78N2O4S4.C31H40S2.C28H34Br2N2O4S2.C2H5.3CH3.2Sn/c1-11-19-23-37(15-5)28-41-30-43-44(31-42(41)29-38(16-6)24-20-12-2)46-32-47(69-53(46)52-45(43)27-35(9)67-52)54-50-51(60(66)62(59(50)65)34-40(18-8)26-22-14-4)56(70-54)55-49-48(36(10)68-55)57(63)61(58(49)64)33-39(17-7)25-21-13-3;1-6-10-12-22(8-3)17-24-19-27-26-14-15-32-30(26)31-29(16-21(5)33-31)28(27)20-25(24)18-23(9-4)13-11-7-2;1-5-9-11-15(7-3)13-31-25(33)17-19(27(31)35)23(29)37-21(17)22-18-20(24(30)38-22)28(36)32(26(18)34)14-16(8-4)12-10-6-2;1-2;;;;;/h27,30-32,37-40H,11-26,28-29,33-34H2,1-10H3;14,16,19-20,22-23H,5-13,17-18H2,1-4H3;15-16H,5-14H2,1-4H3;1H2,2H3;3*1H3;;.